The minimum absolute atomic E-state index is 0.0284. The molecule has 1 aromatic heterocycles. The average Bonchev–Trinajstić information content (AvgIpc) is 2.82. The minimum Gasteiger partial charge on any atom is -0.493 e. The van der Waals surface area contributed by atoms with E-state index in [1.54, 1.807) is 13.2 Å². The number of rotatable bonds is 9. The number of ether oxygens (including phenoxy) is 2. The van der Waals surface area contributed by atoms with Crippen LogP contribution in [0.25, 0.3) is 6.08 Å². The van der Waals surface area contributed by atoms with Crippen molar-refractivity contribution in [2.75, 3.05) is 40.4 Å². The Balaban J connectivity index is 1.48. The summed E-state index contributed by atoms with van der Waals surface area (Å²) < 4.78 is 10.9. The van der Waals surface area contributed by atoms with Crippen molar-refractivity contribution in [2.24, 2.45) is 0 Å². The Morgan fingerprint density at radius 2 is 2.03 bits per heavy atom. The van der Waals surface area contributed by atoms with Gasteiger partial charge in [0.25, 0.3) is 0 Å². The van der Waals surface area contributed by atoms with Crippen LogP contribution in [0, 0.1) is 0 Å². The van der Waals surface area contributed by atoms with Crippen LogP contribution in [0.3, 0.4) is 0 Å². The molecule has 2 aromatic rings. The van der Waals surface area contributed by atoms with Gasteiger partial charge in [0.15, 0.2) is 11.5 Å². The first-order valence-corrected chi connectivity index (χ1v) is 11.0. The first-order chi connectivity index (χ1) is 15.1. The van der Waals surface area contributed by atoms with E-state index < -0.39 is 0 Å². The molecule has 0 saturated carbocycles. The Bertz CT molecular complexity index is 862. The Hall–Kier alpha value is -2.86. The fraction of sp³-hybridized carbons (Fsp3) is 0.440. The number of benzene rings is 1. The summed E-state index contributed by atoms with van der Waals surface area (Å²) in [5, 5.41) is 0. The molecule has 2 heterocycles. The maximum absolute atomic E-state index is 12.7. The predicted octanol–water partition coefficient (Wildman–Crippen LogP) is 3.67. The lowest BCUT2D eigenvalue weighted by atomic mass is 10.0. The monoisotopic (exact) mass is 423 g/mol. The maximum atomic E-state index is 12.7. The molecule has 0 spiro atoms. The zero-order chi connectivity index (χ0) is 22.1. The van der Waals surface area contributed by atoms with Gasteiger partial charge < -0.3 is 19.3 Å². The Morgan fingerprint density at radius 1 is 1.23 bits per heavy atom. The first-order valence-electron chi connectivity index (χ1n) is 11.0. The third-order valence-corrected chi connectivity index (χ3v) is 5.77. The lowest BCUT2D eigenvalue weighted by molar-refractivity contribution is -0.127. The summed E-state index contributed by atoms with van der Waals surface area (Å²) in [6, 6.07) is 12.0. The molecule has 166 valence electrons. The zero-order valence-electron chi connectivity index (χ0n) is 18.8. The summed E-state index contributed by atoms with van der Waals surface area (Å²) in [6.45, 7) is 5.53. The molecule has 6 heteroatoms. The highest BCUT2D eigenvalue weighted by Crippen LogP contribution is 2.28. The van der Waals surface area contributed by atoms with Gasteiger partial charge >= 0.3 is 0 Å². The van der Waals surface area contributed by atoms with Gasteiger partial charge in [0.05, 0.1) is 13.7 Å². The lowest BCUT2D eigenvalue weighted by Crippen LogP contribution is -2.45. The molecule has 1 saturated heterocycles. The van der Waals surface area contributed by atoms with Crippen LogP contribution < -0.4 is 9.47 Å². The van der Waals surface area contributed by atoms with Crippen molar-refractivity contribution >= 4 is 12.0 Å². The summed E-state index contributed by atoms with van der Waals surface area (Å²) >= 11 is 0. The zero-order valence-corrected chi connectivity index (χ0v) is 18.8. The third-order valence-electron chi connectivity index (χ3n) is 5.77. The number of pyridine rings is 1. The Kier molecular flexibility index (Phi) is 8.47. The van der Waals surface area contributed by atoms with Crippen molar-refractivity contribution in [3.63, 3.8) is 0 Å². The summed E-state index contributed by atoms with van der Waals surface area (Å²) in [5.41, 5.74) is 2.04. The van der Waals surface area contributed by atoms with Crippen molar-refractivity contribution < 1.29 is 14.3 Å². The van der Waals surface area contributed by atoms with Crippen molar-refractivity contribution in [1.82, 2.24) is 14.8 Å². The van der Waals surface area contributed by atoms with E-state index in [0.717, 1.165) is 50.2 Å². The highest BCUT2D eigenvalue weighted by Gasteiger charge is 2.24. The van der Waals surface area contributed by atoms with E-state index in [0.29, 0.717) is 18.1 Å². The van der Waals surface area contributed by atoms with Crippen LogP contribution in [-0.2, 0) is 11.2 Å². The summed E-state index contributed by atoms with van der Waals surface area (Å²) in [7, 11) is 3.52. The quantitative estimate of drug-likeness (QED) is 0.576. The fourth-order valence-corrected chi connectivity index (χ4v) is 3.88. The van der Waals surface area contributed by atoms with Gasteiger partial charge in [-0.25, -0.2) is 0 Å². The van der Waals surface area contributed by atoms with Crippen LogP contribution in [0.5, 0.6) is 11.5 Å². The van der Waals surface area contributed by atoms with Crippen molar-refractivity contribution in [1.29, 1.82) is 0 Å². The molecule has 6 nitrogen and oxygen atoms in total. The van der Waals surface area contributed by atoms with Crippen LogP contribution >= 0.6 is 0 Å². The topological polar surface area (TPSA) is 54.9 Å². The van der Waals surface area contributed by atoms with Crippen LogP contribution in [0.1, 0.15) is 31.0 Å². The molecule has 0 radical (unpaired) electrons. The van der Waals surface area contributed by atoms with Gasteiger partial charge in [-0.3, -0.25) is 9.78 Å². The molecular weight excluding hydrogens is 390 g/mol. The van der Waals surface area contributed by atoms with Crippen molar-refractivity contribution in [2.45, 2.75) is 32.2 Å². The molecule has 1 aromatic carbocycles. The smallest absolute Gasteiger partial charge is 0.246 e. The van der Waals surface area contributed by atoms with Gasteiger partial charge in [0, 0.05) is 57.1 Å². The number of likely N-dealkylation sites (tertiary alicyclic amines) is 1. The summed E-state index contributed by atoms with van der Waals surface area (Å²) in [4.78, 5) is 21.4. The van der Waals surface area contributed by atoms with E-state index in [-0.39, 0.29) is 11.9 Å². The van der Waals surface area contributed by atoms with Crippen LogP contribution in [0.2, 0.25) is 0 Å². The Labute approximate surface area is 185 Å². The number of carbonyl (C=O) groups is 1. The van der Waals surface area contributed by atoms with E-state index in [4.69, 9.17) is 9.47 Å². The lowest BCUT2D eigenvalue weighted by Gasteiger charge is -2.36. The number of likely N-dealkylation sites (N-methyl/N-ethyl adjacent to an activating group) is 1. The molecule has 1 fully saturated rings. The molecule has 1 aliphatic rings. The molecule has 1 amide bonds. The van der Waals surface area contributed by atoms with Crippen molar-refractivity contribution in [3.8, 4) is 11.5 Å². The average molecular weight is 424 g/mol. The predicted molar refractivity (Wildman–Crippen MR) is 123 cm³/mol. The van der Waals surface area contributed by atoms with Gasteiger partial charge in [0.1, 0.15) is 0 Å². The molecule has 0 bridgehead atoms. The molecular formula is C25H33N3O3. The molecule has 0 atom stereocenters. The number of methoxy groups -OCH3 is 1. The second-order valence-corrected chi connectivity index (χ2v) is 7.77. The van der Waals surface area contributed by atoms with E-state index in [1.165, 1.54) is 0 Å². The number of aromatic nitrogens is 1. The van der Waals surface area contributed by atoms with Gasteiger partial charge in [-0.2, -0.15) is 0 Å². The van der Waals surface area contributed by atoms with Crippen molar-refractivity contribution in [3.05, 3.63) is 59.9 Å². The van der Waals surface area contributed by atoms with E-state index >= 15 is 0 Å². The molecule has 1 aliphatic heterocycles. The number of carbonyl (C=O) groups excluding carboxylic acids is 1. The number of hydrogen-bond donors (Lipinski definition) is 0. The molecule has 0 N–H and O–H groups in total. The van der Waals surface area contributed by atoms with Crippen LogP contribution in [-0.4, -0.2) is 67.1 Å². The molecule has 3 rings (SSSR count). The highest BCUT2D eigenvalue weighted by atomic mass is 16.5. The van der Waals surface area contributed by atoms with Crippen LogP contribution in [0.15, 0.2) is 48.7 Å². The van der Waals surface area contributed by atoms with E-state index in [1.807, 2.05) is 61.5 Å². The second-order valence-electron chi connectivity index (χ2n) is 7.77. The number of nitrogens with zero attached hydrogens (tertiary/aromatic N) is 3. The van der Waals surface area contributed by atoms with Gasteiger partial charge in [-0.1, -0.05) is 12.1 Å². The number of hydrogen-bond acceptors (Lipinski definition) is 5. The molecule has 0 aliphatic carbocycles. The van der Waals surface area contributed by atoms with E-state index in [9.17, 15) is 4.79 Å². The summed E-state index contributed by atoms with van der Waals surface area (Å²) in [6.07, 6.45) is 8.28. The Morgan fingerprint density at radius 3 is 2.71 bits per heavy atom. The molecule has 0 unspecified atom stereocenters. The molecule has 31 heavy (non-hydrogen) atoms. The fourth-order valence-electron chi connectivity index (χ4n) is 3.88. The van der Waals surface area contributed by atoms with Gasteiger partial charge in [-0.15, -0.1) is 0 Å². The second kappa shape index (κ2) is 11.5. The largest absolute Gasteiger partial charge is 0.493 e. The highest BCUT2D eigenvalue weighted by molar-refractivity contribution is 5.91. The van der Waals surface area contributed by atoms with Crippen LogP contribution in [0.4, 0.5) is 0 Å². The van der Waals surface area contributed by atoms with Gasteiger partial charge in [-0.05, 0) is 55.7 Å². The minimum atomic E-state index is 0.0284. The van der Waals surface area contributed by atoms with E-state index in [2.05, 4.69) is 16.0 Å². The maximum Gasteiger partial charge on any atom is 0.246 e. The number of piperidine rings is 1. The summed E-state index contributed by atoms with van der Waals surface area (Å²) in [5.74, 6) is 1.41. The third kappa shape index (κ3) is 6.56. The normalized spacial score (nSPS) is 15.2. The number of amides is 1. The first kappa shape index (κ1) is 22.8. The standard InChI is InChI=1S/C25H33N3O3/c1-4-31-24-19-20(8-10-23(24)30-3)9-11-25(29)27(2)22-13-17-28(18-14-22)16-12-21-7-5-6-15-26-21/h5-11,15,19,22H,4,12-14,16-18H2,1-3H3. The van der Waals surface area contributed by atoms with Gasteiger partial charge in [0.2, 0.25) is 5.91 Å². The SMILES string of the molecule is CCOc1cc(C=CC(=O)N(C)C2CCN(CCc3ccccn3)CC2)ccc1OC.